The molecular weight excluding hydrogens is 196 g/mol. The minimum Gasteiger partial charge on any atom is -0.284 e. The zero-order chi connectivity index (χ0) is 9.54. The molecule has 0 spiro atoms. The van der Waals surface area contributed by atoms with E-state index in [1.807, 2.05) is 24.3 Å². The summed E-state index contributed by atoms with van der Waals surface area (Å²) in [5.41, 5.74) is 3.04. The molecular formula is C11H6ClN2+. The molecule has 2 aromatic rings. The molecule has 2 heterocycles. The van der Waals surface area contributed by atoms with Crippen LogP contribution in [-0.4, -0.2) is 9.97 Å². The maximum absolute atomic E-state index is 5.89. The van der Waals surface area contributed by atoms with E-state index >= 15 is 0 Å². The number of nitrogens with one attached hydrogen (secondary N) is 1. The topological polar surface area (TPSA) is 28.7 Å². The van der Waals surface area contributed by atoms with Gasteiger partial charge in [-0.05, 0) is 6.07 Å². The van der Waals surface area contributed by atoms with Crippen molar-refractivity contribution in [2.24, 2.45) is 0 Å². The molecule has 0 saturated heterocycles. The molecule has 0 saturated carbocycles. The summed E-state index contributed by atoms with van der Waals surface area (Å²) in [7, 11) is 0. The number of fused-ring (bicyclic) bond motifs is 3. The predicted molar refractivity (Wildman–Crippen MR) is 57.8 cm³/mol. The highest BCUT2D eigenvalue weighted by molar-refractivity contribution is 6.31. The lowest BCUT2D eigenvalue weighted by atomic mass is 10.1. The smallest absolute Gasteiger partial charge is 0.160 e. The lowest BCUT2D eigenvalue weighted by molar-refractivity contribution is 1.31. The number of aromatic amines is 1. The van der Waals surface area contributed by atoms with Crippen LogP contribution in [0.2, 0.25) is 5.02 Å². The molecule has 3 rings (SSSR count). The summed E-state index contributed by atoms with van der Waals surface area (Å²) in [6, 6.07) is 1.92. The monoisotopic (exact) mass is 201 g/mol. The van der Waals surface area contributed by atoms with Gasteiger partial charge in [-0.3, -0.25) is 4.98 Å². The third-order valence-corrected chi connectivity index (χ3v) is 2.47. The van der Waals surface area contributed by atoms with Crippen LogP contribution in [0.25, 0.3) is 23.2 Å². The number of rotatable bonds is 0. The zero-order valence-electron chi connectivity index (χ0n) is 7.21. The van der Waals surface area contributed by atoms with Gasteiger partial charge in [-0.25, -0.2) is 4.98 Å². The molecule has 0 bridgehead atoms. The standard InChI is InChI=1S/C11H6ClN2/c12-7-5-9-8-3-1-2-4-10(8)14-11(9)13-6-7/h1,3-6H,(H,13,14)/q+1. The van der Waals surface area contributed by atoms with Gasteiger partial charge in [0.2, 0.25) is 0 Å². The number of allylic oxidation sites excluding steroid dienone is 2. The van der Waals surface area contributed by atoms with Crippen LogP contribution in [0, 0.1) is 6.08 Å². The highest BCUT2D eigenvalue weighted by Gasteiger charge is 2.17. The van der Waals surface area contributed by atoms with Gasteiger partial charge in [0.25, 0.3) is 0 Å². The summed E-state index contributed by atoms with van der Waals surface area (Å²) in [4.78, 5) is 7.42. The van der Waals surface area contributed by atoms with Gasteiger partial charge in [0.15, 0.2) is 11.3 Å². The summed E-state index contributed by atoms with van der Waals surface area (Å²) in [5, 5.41) is 1.72. The van der Waals surface area contributed by atoms with Crippen molar-refractivity contribution in [3.63, 3.8) is 0 Å². The molecule has 66 valence electrons. The van der Waals surface area contributed by atoms with Crippen molar-refractivity contribution in [3.05, 3.63) is 40.7 Å². The lowest BCUT2D eigenvalue weighted by Crippen LogP contribution is -1.78. The molecule has 1 aliphatic carbocycles. The molecule has 0 unspecified atom stereocenters. The Hall–Kier alpha value is -1.63. The summed E-state index contributed by atoms with van der Waals surface area (Å²) >= 11 is 5.89. The van der Waals surface area contributed by atoms with Crippen LogP contribution in [0.15, 0.2) is 18.3 Å². The number of aromatic nitrogens is 2. The number of nitrogens with zero attached hydrogens (tertiary/aromatic N) is 1. The van der Waals surface area contributed by atoms with Crippen molar-refractivity contribution in [1.29, 1.82) is 0 Å². The molecule has 1 N–H and O–H groups in total. The van der Waals surface area contributed by atoms with Crippen LogP contribution in [0.1, 0.15) is 11.3 Å². The first-order valence-corrected chi connectivity index (χ1v) is 4.65. The van der Waals surface area contributed by atoms with Gasteiger partial charge in [-0.1, -0.05) is 11.6 Å². The van der Waals surface area contributed by atoms with E-state index < -0.39 is 0 Å². The number of halogens is 1. The van der Waals surface area contributed by atoms with Crippen molar-refractivity contribution in [1.82, 2.24) is 9.97 Å². The van der Waals surface area contributed by atoms with Crippen molar-refractivity contribution >= 4 is 34.8 Å². The fourth-order valence-electron chi connectivity index (χ4n) is 1.64. The van der Waals surface area contributed by atoms with Gasteiger partial charge in [-0.15, -0.1) is 0 Å². The number of H-pyrrole nitrogens is 1. The zero-order valence-corrected chi connectivity index (χ0v) is 7.97. The van der Waals surface area contributed by atoms with Crippen LogP contribution >= 0.6 is 11.6 Å². The summed E-state index contributed by atoms with van der Waals surface area (Å²) < 4.78 is 0. The molecule has 3 heteroatoms. The van der Waals surface area contributed by atoms with E-state index in [0.29, 0.717) is 5.02 Å². The summed E-state index contributed by atoms with van der Waals surface area (Å²) in [6.45, 7) is 0. The van der Waals surface area contributed by atoms with Crippen molar-refractivity contribution in [3.8, 4) is 0 Å². The van der Waals surface area contributed by atoms with Gasteiger partial charge in [0.1, 0.15) is 17.7 Å². The first-order chi connectivity index (χ1) is 6.84. The van der Waals surface area contributed by atoms with Crippen molar-refractivity contribution < 1.29 is 0 Å². The largest absolute Gasteiger partial charge is 0.284 e. The molecule has 1 aliphatic rings. The second-order valence-corrected chi connectivity index (χ2v) is 3.58. The van der Waals surface area contributed by atoms with Crippen molar-refractivity contribution in [2.75, 3.05) is 0 Å². The first kappa shape index (κ1) is 7.74. The van der Waals surface area contributed by atoms with Gasteiger partial charge in [0.05, 0.1) is 16.5 Å². The molecule has 2 aromatic heterocycles. The fourth-order valence-corrected chi connectivity index (χ4v) is 1.80. The van der Waals surface area contributed by atoms with Crippen molar-refractivity contribution in [2.45, 2.75) is 0 Å². The lowest BCUT2D eigenvalue weighted by Gasteiger charge is -1.89. The molecule has 0 aliphatic heterocycles. The third kappa shape index (κ3) is 0.987. The second-order valence-electron chi connectivity index (χ2n) is 3.15. The maximum atomic E-state index is 5.89. The van der Waals surface area contributed by atoms with E-state index in [0.717, 1.165) is 22.3 Å². The molecule has 0 amide bonds. The Labute approximate surface area is 85.9 Å². The van der Waals surface area contributed by atoms with E-state index in [4.69, 9.17) is 11.6 Å². The Kier molecular flexibility index (Phi) is 1.48. The molecule has 2 nitrogen and oxygen atoms in total. The van der Waals surface area contributed by atoms with Crippen LogP contribution in [0.3, 0.4) is 0 Å². The highest BCUT2D eigenvalue weighted by atomic mass is 35.5. The Morgan fingerprint density at radius 3 is 3.29 bits per heavy atom. The van der Waals surface area contributed by atoms with Crippen LogP contribution in [0.5, 0.6) is 0 Å². The molecule has 0 atom stereocenters. The number of hydrogen-bond acceptors (Lipinski definition) is 1. The normalized spacial score (nSPS) is 12.9. The number of pyridine rings is 1. The fraction of sp³-hybridized carbons (Fsp3) is 0. The Morgan fingerprint density at radius 1 is 1.43 bits per heavy atom. The minimum atomic E-state index is 0.659. The Balaban J connectivity index is 2.45. The molecule has 14 heavy (non-hydrogen) atoms. The van der Waals surface area contributed by atoms with Gasteiger partial charge >= 0.3 is 0 Å². The second kappa shape index (κ2) is 2.68. The van der Waals surface area contributed by atoms with E-state index in [2.05, 4.69) is 16.0 Å². The van der Waals surface area contributed by atoms with Crippen LogP contribution in [0.4, 0.5) is 0 Å². The minimum absolute atomic E-state index is 0.659. The summed E-state index contributed by atoms with van der Waals surface area (Å²) in [5.74, 6) is 0. The van der Waals surface area contributed by atoms with Gasteiger partial charge < -0.3 is 0 Å². The molecule has 0 radical (unpaired) electrons. The Morgan fingerprint density at radius 2 is 2.36 bits per heavy atom. The third-order valence-electron chi connectivity index (χ3n) is 2.26. The Bertz CT molecular complexity index is 564. The molecule has 0 aromatic carbocycles. The predicted octanol–water partition coefficient (Wildman–Crippen LogP) is 3.06. The van der Waals surface area contributed by atoms with Crippen LogP contribution < -0.4 is 0 Å². The average Bonchev–Trinajstić information content (AvgIpc) is 2.56. The maximum Gasteiger partial charge on any atom is 0.160 e. The summed E-state index contributed by atoms with van der Waals surface area (Å²) in [6.07, 6.45) is 10.5. The van der Waals surface area contributed by atoms with E-state index in [9.17, 15) is 0 Å². The first-order valence-electron chi connectivity index (χ1n) is 4.27. The van der Waals surface area contributed by atoms with E-state index in [1.54, 1.807) is 6.20 Å². The average molecular weight is 202 g/mol. The van der Waals surface area contributed by atoms with E-state index in [1.165, 1.54) is 0 Å². The van der Waals surface area contributed by atoms with E-state index in [-0.39, 0.29) is 0 Å². The van der Waals surface area contributed by atoms with Gasteiger partial charge in [-0.2, -0.15) is 0 Å². The highest BCUT2D eigenvalue weighted by Crippen LogP contribution is 2.27. The SMILES string of the molecule is Clc1cnc2[nH]c3c(c2c1)C=C[C+]=C3. The van der Waals surface area contributed by atoms with Gasteiger partial charge in [0, 0.05) is 12.3 Å². The quantitative estimate of drug-likeness (QED) is 0.652. The van der Waals surface area contributed by atoms with Crippen LogP contribution in [-0.2, 0) is 0 Å². The number of hydrogen-bond donors (Lipinski definition) is 1. The molecule has 0 fully saturated rings.